The lowest BCUT2D eigenvalue weighted by Crippen LogP contribution is -2.30. The summed E-state index contributed by atoms with van der Waals surface area (Å²) in [4.78, 5) is 13.7. The number of hydrogen-bond acceptors (Lipinski definition) is 3. The fourth-order valence-corrected chi connectivity index (χ4v) is 5.66. The molecule has 0 radical (unpaired) electrons. The van der Waals surface area contributed by atoms with Gasteiger partial charge in [-0.1, -0.05) is 54.6 Å². The second kappa shape index (κ2) is 9.91. The van der Waals surface area contributed by atoms with Crippen molar-refractivity contribution < 1.29 is 23.1 Å². The van der Waals surface area contributed by atoms with Gasteiger partial charge in [0.2, 0.25) is 0 Å². The first-order valence-corrected chi connectivity index (χ1v) is 12.5. The standard InChI is InChI=1S/C29H24F3NO2S/c30-29(31,32)25-17-22(6-8-24(25)20-4-2-1-3-5-20)27-18-23-16-21(7-9-26(23)36-27)19-10-13-33(14-11-19)15-12-28(34)35/h1-10,16-18H,11-15H2,(H,34,35). The number of hydrogen-bond donors (Lipinski definition) is 1. The number of carboxylic acids is 1. The molecule has 0 atom stereocenters. The zero-order valence-electron chi connectivity index (χ0n) is 19.4. The molecule has 0 saturated carbocycles. The first-order chi connectivity index (χ1) is 17.3. The molecule has 0 aliphatic carbocycles. The highest BCUT2D eigenvalue weighted by molar-refractivity contribution is 7.22. The first kappa shape index (κ1) is 24.3. The Balaban J connectivity index is 1.43. The molecule has 5 rings (SSSR count). The lowest BCUT2D eigenvalue weighted by atomic mass is 9.96. The van der Waals surface area contributed by atoms with Gasteiger partial charge in [0.1, 0.15) is 0 Å². The molecule has 0 spiro atoms. The molecule has 3 nitrogen and oxygen atoms in total. The maximum Gasteiger partial charge on any atom is 0.417 e. The summed E-state index contributed by atoms with van der Waals surface area (Å²) in [6.07, 6.45) is -1.36. The molecule has 1 aromatic heterocycles. The van der Waals surface area contributed by atoms with Crippen LogP contribution in [0.5, 0.6) is 0 Å². The van der Waals surface area contributed by atoms with E-state index in [4.69, 9.17) is 5.11 Å². The second-order valence-electron chi connectivity index (χ2n) is 8.91. The number of fused-ring (bicyclic) bond motifs is 1. The van der Waals surface area contributed by atoms with Gasteiger partial charge in [-0.2, -0.15) is 13.2 Å². The van der Waals surface area contributed by atoms with Crippen LogP contribution in [-0.2, 0) is 11.0 Å². The average molecular weight is 508 g/mol. The number of carboxylic acid groups (broad SMARTS) is 1. The predicted molar refractivity (Wildman–Crippen MR) is 139 cm³/mol. The highest BCUT2D eigenvalue weighted by atomic mass is 32.1. The Morgan fingerprint density at radius 3 is 2.42 bits per heavy atom. The van der Waals surface area contributed by atoms with Crippen LogP contribution in [0.15, 0.2) is 78.9 Å². The molecule has 1 N–H and O–H groups in total. The van der Waals surface area contributed by atoms with Crippen LogP contribution >= 0.6 is 11.3 Å². The normalized spacial score (nSPS) is 14.7. The zero-order valence-corrected chi connectivity index (χ0v) is 20.2. The van der Waals surface area contributed by atoms with E-state index in [1.54, 1.807) is 42.5 Å². The minimum atomic E-state index is -4.46. The van der Waals surface area contributed by atoms with Crippen molar-refractivity contribution in [3.8, 4) is 21.6 Å². The first-order valence-electron chi connectivity index (χ1n) is 11.7. The number of halogens is 3. The van der Waals surface area contributed by atoms with Crippen LogP contribution in [0.2, 0.25) is 0 Å². The highest BCUT2D eigenvalue weighted by Gasteiger charge is 2.34. The number of alkyl halides is 3. The smallest absolute Gasteiger partial charge is 0.417 e. The maximum absolute atomic E-state index is 14.0. The fourth-order valence-electron chi connectivity index (χ4n) is 4.62. The molecule has 1 aliphatic rings. The predicted octanol–water partition coefficient (Wildman–Crippen LogP) is 7.82. The number of carbonyl (C=O) groups is 1. The minimum absolute atomic E-state index is 0.134. The number of aliphatic carboxylic acids is 1. The van der Waals surface area contributed by atoms with E-state index in [0.29, 0.717) is 24.2 Å². The Morgan fingerprint density at radius 2 is 1.72 bits per heavy atom. The highest BCUT2D eigenvalue weighted by Crippen LogP contribution is 2.42. The summed E-state index contributed by atoms with van der Waals surface area (Å²) in [6, 6.07) is 21.4. The average Bonchev–Trinajstić information content (AvgIpc) is 3.31. The van der Waals surface area contributed by atoms with Crippen LogP contribution < -0.4 is 0 Å². The molecule has 4 aromatic rings. The van der Waals surface area contributed by atoms with Gasteiger partial charge in [-0.05, 0) is 63.9 Å². The van der Waals surface area contributed by atoms with E-state index in [1.807, 2.05) is 12.1 Å². The summed E-state index contributed by atoms with van der Waals surface area (Å²) in [5, 5.41) is 9.89. The zero-order chi connectivity index (χ0) is 25.3. The van der Waals surface area contributed by atoms with Crippen molar-refractivity contribution >= 4 is 33.0 Å². The van der Waals surface area contributed by atoms with Crippen molar-refractivity contribution in [2.75, 3.05) is 19.6 Å². The fraction of sp³-hybridized carbons (Fsp3) is 0.207. The van der Waals surface area contributed by atoms with E-state index in [1.165, 1.54) is 23.0 Å². The molecule has 2 heterocycles. The summed E-state index contributed by atoms with van der Waals surface area (Å²) >= 11 is 1.49. The topological polar surface area (TPSA) is 40.5 Å². The molecule has 36 heavy (non-hydrogen) atoms. The van der Waals surface area contributed by atoms with E-state index in [-0.39, 0.29) is 12.0 Å². The van der Waals surface area contributed by atoms with Crippen LogP contribution in [0, 0.1) is 0 Å². The van der Waals surface area contributed by atoms with Crippen molar-refractivity contribution in [2.45, 2.75) is 19.0 Å². The Labute approximate surface area is 211 Å². The molecule has 3 aromatic carbocycles. The molecule has 184 valence electrons. The van der Waals surface area contributed by atoms with Crippen molar-refractivity contribution in [1.82, 2.24) is 4.90 Å². The van der Waals surface area contributed by atoms with Crippen LogP contribution in [0.3, 0.4) is 0 Å². The van der Waals surface area contributed by atoms with Gasteiger partial charge < -0.3 is 5.11 Å². The van der Waals surface area contributed by atoms with Crippen LogP contribution in [0.1, 0.15) is 24.0 Å². The van der Waals surface area contributed by atoms with Gasteiger partial charge in [-0.15, -0.1) is 11.3 Å². The molecule has 0 fully saturated rings. The molecule has 0 saturated heterocycles. The Hall–Kier alpha value is -3.42. The van der Waals surface area contributed by atoms with Gasteiger partial charge in [0.05, 0.1) is 12.0 Å². The molecule has 0 bridgehead atoms. The summed E-state index contributed by atoms with van der Waals surface area (Å²) in [5.74, 6) is -0.791. The largest absolute Gasteiger partial charge is 0.481 e. The van der Waals surface area contributed by atoms with Gasteiger partial charge in [0, 0.05) is 29.2 Å². The van der Waals surface area contributed by atoms with Crippen LogP contribution in [-0.4, -0.2) is 35.6 Å². The minimum Gasteiger partial charge on any atom is -0.481 e. The summed E-state index contributed by atoms with van der Waals surface area (Å²) < 4.78 is 42.9. The molecule has 7 heteroatoms. The molecule has 0 amide bonds. The molecular weight excluding hydrogens is 483 g/mol. The van der Waals surface area contributed by atoms with Gasteiger partial charge in [0.15, 0.2) is 0 Å². The SMILES string of the molecule is O=C(O)CCN1CC=C(c2ccc3sc(-c4ccc(-c5ccccc5)c(C(F)(F)F)c4)cc3c2)CC1. The van der Waals surface area contributed by atoms with E-state index in [9.17, 15) is 18.0 Å². The number of benzene rings is 3. The van der Waals surface area contributed by atoms with Crippen LogP contribution in [0.25, 0.3) is 37.2 Å². The molecular formula is C29H24F3NO2S. The quantitative estimate of drug-likeness (QED) is 0.289. The summed E-state index contributed by atoms with van der Waals surface area (Å²) in [6.45, 7) is 2.05. The lowest BCUT2D eigenvalue weighted by Gasteiger charge is -2.25. The van der Waals surface area contributed by atoms with Crippen molar-refractivity contribution in [3.05, 3.63) is 90.0 Å². The second-order valence-corrected chi connectivity index (χ2v) is 9.99. The summed E-state index contributed by atoms with van der Waals surface area (Å²) in [5.41, 5.74) is 2.94. The molecule has 0 unspecified atom stereocenters. The Bertz CT molecular complexity index is 1440. The van der Waals surface area contributed by atoms with E-state index >= 15 is 0 Å². The van der Waals surface area contributed by atoms with E-state index in [0.717, 1.165) is 33.5 Å². The van der Waals surface area contributed by atoms with Crippen molar-refractivity contribution in [3.63, 3.8) is 0 Å². The van der Waals surface area contributed by atoms with Gasteiger partial charge in [0.25, 0.3) is 0 Å². The van der Waals surface area contributed by atoms with Gasteiger partial charge in [-0.25, -0.2) is 0 Å². The third kappa shape index (κ3) is 5.22. The third-order valence-corrected chi connectivity index (χ3v) is 7.68. The summed E-state index contributed by atoms with van der Waals surface area (Å²) in [7, 11) is 0. The monoisotopic (exact) mass is 507 g/mol. The van der Waals surface area contributed by atoms with E-state index < -0.39 is 17.7 Å². The Kier molecular flexibility index (Phi) is 6.69. The maximum atomic E-state index is 14.0. The molecule has 1 aliphatic heterocycles. The number of thiophene rings is 1. The van der Waals surface area contributed by atoms with Gasteiger partial charge in [-0.3, -0.25) is 9.69 Å². The lowest BCUT2D eigenvalue weighted by molar-refractivity contribution is -0.138. The van der Waals surface area contributed by atoms with Crippen LogP contribution in [0.4, 0.5) is 13.2 Å². The number of rotatable bonds is 6. The van der Waals surface area contributed by atoms with Crippen molar-refractivity contribution in [2.24, 2.45) is 0 Å². The van der Waals surface area contributed by atoms with Gasteiger partial charge >= 0.3 is 12.1 Å². The third-order valence-electron chi connectivity index (χ3n) is 6.52. The Morgan fingerprint density at radius 1 is 0.944 bits per heavy atom. The van der Waals surface area contributed by atoms with E-state index in [2.05, 4.69) is 23.1 Å². The van der Waals surface area contributed by atoms with Crippen molar-refractivity contribution in [1.29, 1.82) is 0 Å². The number of nitrogens with zero attached hydrogens (tertiary/aromatic N) is 1.